The molecule has 2 aromatic rings. The van der Waals surface area contributed by atoms with Crippen LogP contribution >= 0.6 is 0 Å². The van der Waals surface area contributed by atoms with Crippen molar-refractivity contribution in [2.75, 3.05) is 25.4 Å². The van der Waals surface area contributed by atoms with Gasteiger partial charge in [-0.3, -0.25) is 0 Å². The fraction of sp³-hybridized carbons (Fsp3) is 0.690. The van der Waals surface area contributed by atoms with Crippen LogP contribution in [0.4, 0.5) is 4.79 Å². The van der Waals surface area contributed by atoms with Gasteiger partial charge in [-0.1, -0.05) is 54.8 Å². The van der Waals surface area contributed by atoms with Gasteiger partial charge in [0.15, 0.2) is 5.82 Å². The minimum atomic E-state index is -3.58. The van der Waals surface area contributed by atoms with Crippen LogP contribution in [-0.4, -0.2) is 64.8 Å². The highest BCUT2D eigenvalue weighted by atomic mass is 32.2. The third-order valence-corrected chi connectivity index (χ3v) is 10.1. The van der Waals surface area contributed by atoms with E-state index in [2.05, 4.69) is 22.3 Å². The summed E-state index contributed by atoms with van der Waals surface area (Å²) in [4.78, 5) is 18.5. The standard InChI is InChI=1S/C29H42N4O5S/c1-29(2,3)37-28(34)32-17-24(18-32)20-39(35,36)33-19-23(15-22-12-7-13-22)16-25(33)27-30-26(31-38-27)14-8-11-21-9-5-4-6-10-21/h4-6,9-10,22-25H,7-8,11-20H2,1-3H3. The Hall–Kier alpha value is -2.46. The second-order valence-corrected chi connectivity index (χ2v) is 14.6. The van der Waals surface area contributed by atoms with E-state index in [4.69, 9.17) is 9.26 Å². The topological polar surface area (TPSA) is 106 Å². The van der Waals surface area contributed by atoms with Crippen LogP contribution < -0.4 is 0 Å². The van der Waals surface area contributed by atoms with E-state index in [9.17, 15) is 13.2 Å². The highest BCUT2D eigenvalue weighted by molar-refractivity contribution is 7.89. The first-order valence-electron chi connectivity index (χ1n) is 14.4. The van der Waals surface area contributed by atoms with E-state index in [-0.39, 0.29) is 17.8 Å². The monoisotopic (exact) mass is 558 g/mol. The molecule has 2 saturated heterocycles. The lowest BCUT2D eigenvalue weighted by molar-refractivity contribution is 0.00177. The smallest absolute Gasteiger partial charge is 0.410 e. The van der Waals surface area contributed by atoms with Gasteiger partial charge in [0.05, 0.1) is 5.75 Å². The van der Waals surface area contributed by atoms with E-state index < -0.39 is 21.7 Å². The number of amides is 1. The molecule has 2 atom stereocenters. The van der Waals surface area contributed by atoms with Crippen LogP contribution in [0, 0.1) is 17.8 Å². The van der Waals surface area contributed by atoms with Gasteiger partial charge in [0.25, 0.3) is 0 Å². The van der Waals surface area contributed by atoms with Crippen molar-refractivity contribution in [2.24, 2.45) is 17.8 Å². The molecular weight excluding hydrogens is 516 g/mol. The molecule has 5 rings (SSSR count). The quantitative estimate of drug-likeness (QED) is 0.404. The number of sulfonamides is 1. The fourth-order valence-electron chi connectivity index (χ4n) is 5.94. The average Bonchev–Trinajstić information content (AvgIpc) is 3.45. The summed E-state index contributed by atoms with van der Waals surface area (Å²) in [5.41, 5.74) is 0.700. The van der Waals surface area contributed by atoms with Crippen LogP contribution in [0.2, 0.25) is 0 Å². The molecule has 9 nitrogen and oxygen atoms in total. The van der Waals surface area contributed by atoms with Crippen molar-refractivity contribution >= 4 is 16.1 Å². The Morgan fingerprint density at radius 2 is 1.79 bits per heavy atom. The zero-order valence-corrected chi connectivity index (χ0v) is 24.2. The summed E-state index contributed by atoms with van der Waals surface area (Å²) < 4.78 is 40.1. The third kappa shape index (κ3) is 7.20. The molecule has 0 radical (unpaired) electrons. The van der Waals surface area contributed by atoms with Gasteiger partial charge in [0.1, 0.15) is 11.6 Å². The average molecular weight is 559 g/mol. The van der Waals surface area contributed by atoms with Gasteiger partial charge in [-0.05, 0) is 63.9 Å². The van der Waals surface area contributed by atoms with Crippen LogP contribution in [0.15, 0.2) is 34.9 Å². The molecule has 2 unspecified atom stereocenters. The van der Waals surface area contributed by atoms with Crippen molar-refractivity contribution in [1.29, 1.82) is 0 Å². The summed E-state index contributed by atoms with van der Waals surface area (Å²) in [6, 6.07) is 9.89. The van der Waals surface area contributed by atoms with Crippen molar-refractivity contribution in [3.05, 3.63) is 47.6 Å². The lowest BCUT2D eigenvalue weighted by Crippen LogP contribution is -2.54. The summed E-state index contributed by atoms with van der Waals surface area (Å²) in [5, 5.41) is 4.20. The molecule has 1 aromatic heterocycles. The summed E-state index contributed by atoms with van der Waals surface area (Å²) in [6.07, 6.45) is 7.65. The highest BCUT2D eigenvalue weighted by Gasteiger charge is 2.46. The first-order valence-corrected chi connectivity index (χ1v) is 16.0. The Labute approximate surface area is 232 Å². The molecule has 1 amide bonds. The predicted molar refractivity (Wildman–Crippen MR) is 147 cm³/mol. The van der Waals surface area contributed by atoms with E-state index in [1.165, 1.54) is 24.8 Å². The zero-order chi connectivity index (χ0) is 27.6. The van der Waals surface area contributed by atoms with Gasteiger partial charge in [0.2, 0.25) is 15.9 Å². The molecule has 1 aromatic carbocycles. The molecule has 3 fully saturated rings. The van der Waals surface area contributed by atoms with E-state index in [0.717, 1.165) is 25.7 Å². The number of carbonyl (C=O) groups is 1. The highest BCUT2D eigenvalue weighted by Crippen LogP contribution is 2.43. The largest absolute Gasteiger partial charge is 0.444 e. The van der Waals surface area contributed by atoms with Crippen molar-refractivity contribution in [3.63, 3.8) is 0 Å². The SMILES string of the molecule is CC(C)(C)OC(=O)N1CC(CS(=O)(=O)N2CC(CC3CCC3)CC2c2nc(CCCc3ccccc3)no2)C1. The van der Waals surface area contributed by atoms with E-state index >= 15 is 0 Å². The number of hydrogen-bond donors (Lipinski definition) is 0. The normalized spacial score (nSPS) is 23.0. The first-order chi connectivity index (χ1) is 18.6. The summed E-state index contributed by atoms with van der Waals surface area (Å²) in [5.74, 6) is 1.94. The maximum absolute atomic E-state index is 13.7. The Bertz CT molecular complexity index is 1220. The molecule has 3 heterocycles. The molecule has 3 aliphatic rings. The number of aromatic nitrogens is 2. The predicted octanol–water partition coefficient (Wildman–Crippen LogP) is 4.99. The van der Waals surface area contributed by atoms with Crippen molar-refractivity contribution in [2.45, 2.75) is 83.8 Å². The molecular formula is C29H42N4O5S. The summed E-state index contributed by atoms with van der Waals surface area (Å²) in [6.45, 7) is 6.76. The lowest BCUT2D eigenvalue weighted by atomic mass is 9.78. The minimum absolute atomic E-state index is 0.0109. The molecule has 0 N–H and O–H groups in total. The summed E-state index contributed by atoms with van der Waals surface area (Å²) in [7, 11) is -3.58. The van der Waals surface area contributed by atoms with Crippen LogP contribution in [0.25, 0.3) is 0 Å². The fourth-order valence-corrected chi connectivity index (χ4v) is 7.94. The van der Waals surface area contributed by atoms with Gasteiger partial charge >= 0.3 is 6.09 Å². The number of hydrogen-bond acceptors (Lipinski definition) is 7. The molecule has 39 heavy (non-hydrogen) atoms. The number of ether oxygens (including phenoxy) is 1. The van der Waals surface area contributed by atoms with Gasteiger partial charge < -0.3 is 14.2 Å². The molecule has 10 heteroatoms. The number of benzene rings is 1. The molecule has 214 valence electrons. The van der Waals surface area contributed by atoms with Gasteiger partial charge in [-0.15, -0.1) is 0 Å². The Morgan fingerprint density at radius 3 is 2.46 bits per heavy atom. The summed E-state index contributed by atoms with van der Waals surface area (Å²) >= 11 is 0. The second kappa shape index (κ2) is 11.6. The maximum Gasteiger partial charge on any atom is 0.410 e. The Morgan fingerprint density at radius 1 is 1.05 bits per heavy atom. The van der Waals surface area contributed by atoms with Crippen LogP contribution in [0.1, 0.15) is 82.6 Å². The number of likely N-dealkylation sites (tertiary alicyclic amines) is 1. The first kappa shape index (κ1) is 28.1. The zero-order valence-electron chi connectivity index (χ0n) is 23.4. The van der Waals surface area contributed by atoms with Crippen molar-refractivity contribution in [3.8, 4) is 0 Å². The number of nitrogens with zero attached hydrogens (tertiary/aromatic N) is 4. The lowest BCUT2D eigenvalue weighted by Gasteiger charge is -2.40. The second-order valence-electron chi connectivity index (χ2n) is 12.6. The molecule has 2 aliphatic heterocycles. The minimum Gasteiger partial charge on any atom is -0.444 e. The van der Waals surface area contributed by atoms with Crippen LogP contribution in [-0.2, 0) is 27.6 Å². The maximum atomic E-state index is 13.7. The third-order valence-electron chi connectivity index (χ3n) is 8.12. The number of rotatable bonds is 10. The van der Waals surface area contributed by atoms with Gasteiger partial charge in [-0.25, -0.2) is 13.2 Å². The molecule has 0 bridgehead atoms. The van der Waals surface area contributed by atoms with Crippen LogP contribution in [0.3, 0.4) is 0 Å². The van der Waals surface area contributed by atoms with E-state index in [0.29, 0.717) is 49.6 Å². The van der Waals surface area contributed by atoms with Gasteiger partial charge in [-0.2, -0.15) is 9.29 Å². The molecule has 1 aliphatic carbocycles. The number of carbonyl (C=O) groups excluding carboxylic acids is 1. The Balaban J connectivity index is 1.21. The molecule has 0 spiro atoms. The van der Waals surface area contributed by atoms with E-state index in [1.807, 2.05) is 39.0 Å². The molecule has 1 saturated carbocycles. The van der Waals surface area contributed by atoms with Crippen molar-refractivity contribution < 1.29 is 22.5 Å². The van der Waals surface area contributed by atoms with Crippen molar-refractivity contribution in [1.82, 2.24) is 19.3 Å². The van der Waals surface area contributed by atoms with Crippen LogP contribution in [0.5, 0.6) is 0 Å². The Kier molecular flexibility index (Phi) is 8.33. The number of aryl methyl sites for hydroxylation is 2. The van der Waals surface area contributed by atoms with E-state index in [1.54, 1.807) is 9.21 Å². The van der Waals surface area contributed by atoms with Gasteiger partial charge in [0, 0.05) is 32.0 Å².